The molecule has 13 nitrogen and oxygen atoms in total. The van der Waals surface area contributed by atoms with Gasteiger partial charge in [0.2, 0.25) is 11.8 Å². The van der Waals surface area contributed by atoms with Gasteiger partial charge in [0.05, 0.1) is 24.9 Å². The molecule has 2 aliphatic rings. The molecule has 0 bridgehead atoms. The van der Waals surface area contributed by atoms with Crippen LogP contribution in [0.15, 0.2) is 47.6 Å². The number of hydrogen-bond acceptors (Lipinski definition) is 12. The number of carbonyl (C=O) groups is 3. The number of hydrogen-bond donors (Lipinski definition) is 2. The van der Waals surface area contributed by atoms with Gasteiger partial charge in [-0.3, -0.25) is 24.3 Å². The van der Waals surface area contributed by atoms with E-state index < -0.39 is 0 Å². The summed E-state index contributed by atoms with van der Waals surface area (Å²) in [6.45, 7) is 8.59. The van der Waals surface area contributed by atoms with E-state index in [2.05, 4.69) is 31.2 Å². The molecule has 0 atom stereocenters. The second-order valence-electron chi connectivity index (χ2n) is 12.7. The number of pyridine rings is 1. The third-order valence-corrected chi connectivity index (χ3v) is 10.0. The number of likely N-dealkylation sites (tertiary alicyclic amines) is 1. The van der Waals surface area contributed by atoms with E-state index in [9.17, 15) is 19.6 Å². The molecule has 14 heteroatoms. The molecule has 2 fully saturated rings. The SMILES string of the molecule is COC(=O)CCN1CCC(CN2CCN(C(=O)CCc3cccc(CSc4nc(N)c(C#N)c(-c5ccc(NC(C)=O)cc5)n4)n3)CC2)CC1. The summed E-state index contributed by atoms with van der Waals surface area (Å²) in [5.41, 5.74) is 9.78. The molecule has 2 amide bonds. The van der Waals surface area contributed by atoms with Gasteiger partial charge in [-0.15, -0.1) is 0 Å². The Morgan fingerprint density at radius 1 is 0.960 bits per heavy atom. The molecule has 3 aromatic rings. The number of anilines is 2. The summed E-state index contributed by atoms with van der Waals surface area (Å²) in [6, 6.07) is 15.0. The Kier molecular flexibility index (Phi) is 13.1. The van der Waals surface area contributed by atoms with E-state index in [1.165, 1.54) is 25.8 Å². The summed E-state index contributed by atoms with van der Waals surface area (Å²) in [5, 5.41) is 12.9. The number of aryl methyl sites for hydroxylation is 1. The van der Waals surface area contributed by atoms with Crippen LogP contribution >= 0.6 is 11.8 Å². The number of esters is 1. The van der Waals surface area contributed by atoms with Gasteiger partial charge in [0, 0.05) is 75.3 Å². The van der Waals surface area contributed by atoms with Crippen LogP contribution in [0.3, 0.4) is 0 Å². The monoisotopic (exact) mass is 699 g/mol. The molecule has 2 saturated heterocycles. The number of carbonyl (C=O) groups excluding carboxylic acids is 3. The van der Waals surface area contributed by atoms with Crippen molar-refractivity contribution in [2.45, 2.75) is 49.9 Å². The first-order valence-corrected chi connectivity index (χ1v) is 18.0. The highest BCUT2D eigenvalue weighted by Crippen LogP contribution is 2.29. The van der Waals surface area contributed by atoms with Crippen molar-refractivity contribution < 1.29 is 19.1 Å². The molecule has 0 saturated carbocycles. The highest BCUT2D eigenvalue weighted by molar-refractivity contribution is 7.98. The van der Waals surface area contributed by atoms with Gasteiger partial charge in [-0.1, -0.05) is 30.0 Å². The number of piperazine rings is 1. The van der Waals surface area contributed by atoms with E-state index in [-0.39, 0.29) is 29.2 Å². The second-order valence-corrected chi connectivity index (χ2v) is 13.6. The van der Waals surface area contributed by atoms with Crippen molar-refractivity contribution in [3.63, 3.8) is 0 Å². The molecule has 0 spiro atoms. The Morgan fingerprint density at radius 3 is 2.36 bits per heavy atom. The summed E-state index contributed by atoms with van der Waals surface area (Å²) in [7, 11) is 1.43. The van der Waals surface area contributed by atoms with Gasteiger partial charge in [0.25, 0.3) is 0 Å². The fourth-order valence-electron chi connectivity index (χ4n) is 6.32. The van der Waals surface area contributed by atoms with Crippen molar-refractivity contribution >= 4 is 41.1 Å². The zero-order valence-electron chi connectivity index (χ0n) is 28.8. The van der Waals surface area contributed by atoms with Gasteiger partial charge >= 0.3 is 5.97 Å². The van der Waals surface area contributed by atoms with Crippen LogP contribution in [-0.2, 0) is 31.3 Å². The lowest BCUT2D eigenvalue weighted by atomic mass is 9.95. The zero-order valence-corrected chi connectivity index (χ0v) is 29.6. The average molecular weight is 700 g/mol. The summed E-state index contributed by atoms with van der Waals surface area (Å²) >= 11 is 1.37. The predicted molar refractivity (Wildman–Crippen MR) is 192 cm³/mol. The van der Waals surface area contributed by atoms with Crippen LogP contribution in [0.25, 0.3) is 11.3 Å². The number of nitrogen functional groups attached to an aromatic ring is 1. The molecule has 0 aliphatic carbocycles. The molecule has 2 aromatic heterocycles. The fraction of sp³-hybridized carbons (Fsp3) is 0.472. The maximum absolute atomic E-state index is 13.1. The van der Waals surface area contributed by atoms with Crippen LogP contribution in [0.2, 0.25) is 0 Å². The van der Waals surface area contributed by atoms with Crippen LogP contribution in [0.5, 0.6) is 0 Å². The van der Waals surface area contributed by atoms with Crippen LogP contribution in [-0.4, -0.2) is 107 Å². The minimum atomic E-state index is -0.172. The van der Waals surface area contributed by atoms with Gasteiger partial charge in [-0.25, -0.2) is 9.97 Å². The first-order chi connectivity index (χ1) is 24.2. The number of rotatable bonds is 13. The van der Waals surface area contributed by atoms with Gasteiger partial charge in [0.1, 0.15) is 17.5 Å². The second kappa shape index (κ2) is 17.9. The van der Waals surface area contributed by atoms with E-state index in [4.69, 9.17) is 15.5 Å². The molecular formula is C36H45N9O4S. The summed E-state index contributed by atoms with van der Waals surface area (Å²) in [6.07, 6.45) is 3.69. The van der Waals surface area contributed by atoms with Crippen molar-refractivity contribution in [2.24, 2.45) is 5.92 Å². The number of nitrogens with two attached hydrogens (primary N) is 1. The lowest BCUT2D eigenvalue weighted by Crippen LogP contribution is -2.50. The topological polar surface area (TPSA) is 171 Å². The molecular weight excluding hydrogens is 655 g/mol. The van der Waals surface area contributed by atoms with Gasteiger partial charge in [0.15, 0.2) is 5.16 Å². The molecule has 0 radical (unpaired) electrons. The number of nitrogens with zero attached hydrogens (tertiary/aromatic N) is 7. The van der Waals surface area contributed by atoms with Crippen LogP contribution < -0.4 is 11.1 Å². The number of amides is 2. The Hall–Kier alpha value is -4.58. The number of nitrogens with one attached hydrogen (secondary N) is 1. The third-order valence-electron chi connectivity index (χ3n) is 9.12. The van der Waals surface area contributed by atoms with E-state index in [1.807, 2.05) is 23.1 Å². The summed E-state index contributed by atoms with van der Waals surface area (Å²) in [4.78, 5) is 56.5. The summed E-state index contributed by atoms with van der Waals surface area (Å²) in [5.74, 6) is 1.07. The first kappa shape index (κ1) is 36.7. The maximum atomic E-state index is 13.1. The highest BCUT2D eigenvalue weighted by Gasteiger charge is 2.26. The maximum Gasteiger partial charge on any atom is 0.306 e. The zero-order chi connectivity index (χ0) is 35.5. The highest BCUT2D eigenvalue weighted by atomic mass is 32.2. The number of methoxy groups -OCH3 is 1. The Labute approximate surface area is 297 Å². The van der Waals surface area contributed by atoms with Gasteiger partial charge in [-0.2, -0.15) is 5.26 Å². The van der Waals surface area contributed by atoms with Gasteiger partial charge in [-0.05, 0) is 62.5 Å². The van der Waals surface area contributed by atoms with E-state index in [0.29, 0.717) is 53.0 Å². The average Bonchev–Trinajstić information content (AvgIpc) is 3.13. The largest absolute Gasteiger partial charge is 0.469 e. The minimum absolute atomic E-state index is 0.0985. The Balaban J connectivity index is 1.07. The van der Waals surface area contributed by atoms with E-state index in [0.717, 1.165) is 76.6 Å². The quantitative estimate of drug-likeness (QED) is 0.151. The molecule has 264 valence electrons. The molecule has 0 unspecified atom stereocenters. The number of ether oxygens (including phenoxy) is 1. The van der Waals surface area contributed by atoms with Crippen molar-refractivity contribution in [3.05, 3.63) is 59.4 Å². The molecule has 1 aromatic carbocycles. The lowest BCUT2D eigenvalue weighted by Gasteiger charge is -2.39. The number of benzene rings is 1. The minimum Gasteiger partial charge on any atom is -0.469 e. The van der Waals surface area contributed by atoms with Crippen molar-refractivity contribution in [1.29, 1.82) is 5.26 Å². The number of piperidine rings is 1. The fourth-order valence-corrected chi connectivity index (χ4v) is 7.08. The van der Waals surface area contributed by atoms with Crippen LogP contribution in [0.1, 0.15) is 49.6 Å². The predicted octanol–water partition coefficient (Wildman–Crippen LogP) is 3.60. The van der Waals surface area contributed by atoms with Crippen molar-refractivity contribution in [2.75, 3.05) is 70.5 Å². The molecule has 2 aliphatic heterocycles. The number of aromatic nitrogens is 3. The first-order valence-electron chi connectivity index (χ1n) is 17.0. The summed E-state index contributed by atoms with van der Waals surface area (Å²) < 4.78 is 4.76. The van der Waals surface area contributed by atoms with E-state index in [1.54, 1.807) is 24.3 Å². The molecule has 4 heterocycles. The molecule has 3 N–H and O–H groups in total. The number of thioether (sulfide) groups is 1. The Morgan fingerprint density at radius 2 is 1.68 bits per heavy atom. The standard InChI is InChI=1S/C36H45N9O4S/c1-25(46)39-29-8-6-27(7-9-29)34-31(22-37)35(38)42-36(41-34)50-24-30-5-3-4-28(40-30)10-11-32(47)45-20-18-44(19-21-45)23-26-12-15-43(16-13-26)17-14-33(48)49-2/h3-9,26H,10-21,23-24H2,1-2H3,(H,39,46)(H2,38,41,42). The van der Waals surface area contributed by atoms with Gasteiger partial charge < -0.3 is 25.6 Å². The van der Waals surface area contributed by atoms with Crippen molar-refractivity contribution in [1.82, 2.24) is 29.7 Å². The Bertz CT molecular complexity index is 1680. The number of nitriles is 1. The molecule has 5 rings (SSSR count). The lowest BCUT2D eigenvalue weighted by molar-refractivity contribution is -0.141. The smallest absolute Gasteiger partial charge is 0.306 e. The van der Waals surface area contributed by atoms with E-state index >= 15 is 0 Å². The van der Waals surface area contributed by atoms with Crippen LogP contribution in [0.4, 0.5) is 11.5 Å². The molecule has 50 heavy (non-hydrogen) atoms. The van der Waals surface area contributed by atoms with Crippen LogP contribution in [0, 0.1) is 17.2 Å². The van der Waals surface area contributed by atoms with Crippen molar-refractivity contribution in [3.8, 4) is 17.3 Å². The third kappa shape index (κ3) is 10.5. The normalized spacial score (nSPS) is 15.7.